The highest BCUT2D eigenvalue weighted by Gasteiger charge is 2.16. The van der Waals surface area contributed by atoms with Crippen LogP contribution < -0.4 is 20.3 Å². The van der Waals surface area contributed by atoms with Crippen molar-refractivity contribution < 1.29 is 14.3 Å². The van der Waals surface area contributed by atoms with Crippen LogP contribution in [0.2, 0.25) is 0 Å². The van der Waals surface area contributed by atoms with Crippen LogP contribution in [-0.2, 0) is 4.79 Å². The molecule has 2 N–H and O–H groups in total. The molecule has 158 valence electrons. The number of H-pyrrole nitrogens is 1. The van der Waals surface area contributed by atoms with Crippen molar-refractivity contribution in [2.24, 2.45) is 0 Å². The molecular weight excluding hydrogens is 418 g/mol. The average Bonchev–Trinajstić information content (AvgIpc) is 3.27. The molecule has 0 aliphatic heterocycles. The molecule has 4 aromatic rings. The van der Waals surface area contributed by atoms with Gasteiger partial charge >= 0.3 is 0 Å². The summed E-state index contributed by atoms with van der Waals surface area (Å²) >= 11 is 1.15. The number of para-hydroxylation sites is 1. The third kappa shape index (κ3) is 4.24. The fourth-order valence-corrected chi connectivity index (χ4v) is 3.80. The molecule has 0 bridgehead atoms. The SMILES string of the molecule is COc1ccc(NC(=O)CSc2nc3[nH]ncc3c(=O)n2-c2ccccc2)c(OC)c1. The van der Waals surface area contributed by atoms with Crippen molar-refractivity contribution >= 4 is 34.4 Å². The number of fused-ring (bicyclic) bond motifs is 1. The minimum absolute atomic E-state index is 0.0358. The van der Waals surface area contributed by atoms with Gasteiger partial charge in [-0.2, -0.15) is 5.10 Å². The maximum absolute atomic E-state index is 13.0. The van der Waals surface area contributed by atoms with Crippen molar-refractivity contribution in [2.75, 3.05) is 25.3 Å². The lowest BCUT2D eigenvalue weighted by Crippen LogP contribution is -2.22. The van der Waals surface area contributed by atoms with Crippen LogP contribution in [0, 0.1) is 0 Å². The number of benzene rings is 2. The van der Waals surface area contributed by atoms with Crippen molar-refractivity contribution in [3.63, 3.8) is 0 Å². The van der Waals surface area contributed by atoms with E-state index >= 15 is 0 Å². The zero-order valence-electron chi connectivity index (χ0n) is 16.8. The van der Waals surface area contributed by atoms with Gasteiger partial charge in [0.25, 0.3) is 5.56 Å². The summed E-state index contributed by atoms with van der Waals surface area (Å²) in [6.45, 7) is 0. The van der Waals surface area contributed by atoms with Gasteiger partial charge in [0.05, 0.1) is 37.5 Å². The molecular formula is C21H19N5O4S. The van der Waals surface area contributed by atoms with Crippen LogP contribution in [0.4, 0.5) is 5.69 Å². The van der Waals surface area contributed by atoms with Crippen molar-refractivity contribution in [1.29, 1.82) is 0 Å². The number of ether oxygens (including phenoxy) is 2. The summed E-state index contributed by atoms with van der Waals surface area (Å²) < 4.78 is 12.0. The van der Waals surface area contributed by atoms with Gasteiger partial charge in [-0.1, -0.05) is 30.0 Å². The molecule has 0 unspecified atom stereocenters. The summed E-state index contributed by atoms with van der Waals surface area (Å²) in [7, 11) is 3.07. The van der Waals surface area contributed by atoms with Gasteiger partial charge in [-0.05, 0) is 24.3 Å². The first-order chi connectivity index (χ1) is 15.1. The zero-order chi connectivity index (χ0) is 21.8. The lowest BCUT2D eigenvalue weighted by molar-refractivity contribution is -0.113. The topological polar surface area (TPSA) is 111 Å². The second kappa shape index (κ2) is 8.92. The number of carbonyl (C=O) groups is 1. The first-order valence-electron chi connectivity index (χ1n) is 9.27. The Morgan fingerprint density at radius 3 is 2.71 bits per heavy atom. The molecule has 0 aliphatic carbocycles. The Labute approximate surface area is 181 Å². The van der Waals surface area contributed by atoms with Gasteiger partial charge in [0.1, 0.15) is 16.9 Å². The summed E-state index contributed by atoms with van der Waals surface area (Å²) in [5.74, 6) is 0.866. The highest BCUT2D eigenvalue weighted by molar-refractivity contribution is 7.99. The molecule has 0 aliphatic rings. The Morgan fingerprint density at radius 1 is 1.16 bits per heavy atom. The van der Waals surface area contributed by atoms with Crippen LogP contribution in [-0.4, -0.2) is 45.6 Å². The number of nitrogens with zero attached hydrogens (tertiary/aromatic N) is 3. The van der Waals surface area contributed by atoms with E-state index in [9.17, 15) is 9.59 Å². The van der Waals surface area contributed by atoms with Crippen LogP contribution in [0.3, 0.4) is 0 Å². The van der Waals surface area contributed by atoms with E-state index in [1.807, 2.05) is 18.2 Å². The van der Waals surface area contributed by atoms with Crippen LogP contribution in [0.25, 0.3) is 16.7 Å². The summed E-state index contributed by atoms with van der Waals surface area (Å²) in [6.07, 6.45) is 1.45. The number of nitrogens with one attached hydrogen (secondary N) is 2. The van der Waals surface area contributed by atoms with Crippen LogP contribution in [0.5, 0.6) is 11.5 Å². The number of amides is 1. The van der Waals surface area contributed by atoms with Gasteiger partial charge in [-0.3, -0.25) is 19.3 Å². The molecule has 0 saturated heterocycles. The number of rotatable bonds is 7. The molecule has 0 radical (unpaired) electrons. The smallest absolute Gasteiger partial charge is 0.269 e. The summed E-state index contributed by atoms with van der Waals surface area (Å²) in [6, 6.07) is 14.3. The van der Waals surface area contributed by atoms with Gasteiger partial charge in [0.15, 0.2) is 10.8 Å². The Morgan fingerprint density at radius 2 is 1.97 bits per heavy atom. The molecule has 0 fully saturated rings. The summed E-state index contributed by atoms with van der Waals surface area (Å²) in [4.78, 5) is 30.1. The highest BCUT2D eigenvalue weighted by atomic mass is 32.2. The van der Waals surface area contributed by atoms with E-state index < -0.39 is 0 Å². The molecule has 9 nitrogen and oxygen atoms in total. The fourth-order valence-electron chi connectivity index (χ4n) is 2.99. The third-order valence-electron chi connectivity index (χ3n) is 4.48. The lowest BCUT2D eigenvalue weighted by atomic mass is 10.2. The first-order valence-corrected chi connectivity index (χ1v) is 10.3. The van der Waals surface area contributed by atoms with Gasteiger partial charge < -0.3 is 14.8 Å². The van der Waals surface area contributed by atoms with Crippen molar-refractivity contribution in [1.82, 2.24) is 19.7 Å². The van der Waals surface area contributed by atoms with E-state index in [0.29, 0.717) is 39.1 Å². The van der Waals surface area contributed by atoms with E-state index in [2.05, 4.69) is 20.5 Å². The molecule has 0 saturated carbocycles. The predicted octanol–water partition coefficient (Wildman–Crippen LogP) is 2.86. The molecule has 4 rings (SSSR count). The van der Waals surface area contributed by atoms with E-state index in [1.54, 1.807) is 37.4 Å². The van der Waals surface area contributed by atoms with Gasteiger partial charge in [-0.15, -0.1) is 0 Å². The first kappa shape index (κ1) is 20.5. The van der Waals surface area contributed by atoms with E-state index in [0.717, 1.165) is 11.8 Å². The van der Waals surface area contributed by atoms with Gasteiger partial charge in [0, 0.05) is 6.07 Å². The maximum Gasteiger partial charge on any atom is 0.269 e. The standard InChI is InChI=1S/C21H19N5O4S/c1-29-14-8-9-16(17(10-14)30-2)23-18(27)12-31-21-24-19-15(11-22-25-19)20(28)26(21)13-6-4-3-5-7-13/h3-11H,12H2,1-2H3,(H,22,25)(H,23,27). The van der Waals surface area contributed by atoms with Gasteiger partial charge in [0.2, 0.25) is 5.91 Å². The number of hydrogen-bond acceptors (Lipinski definition) is 7. The van der Waals surface area contributed by atoms with E-state index in [-0.39, 0.29) is 17.2 Å². The van der Waals surface area contributed by atoms with E-state index in [4.69, 9.17) is 9.47 Å². The van der Waals surface area contributed by atoms with Crippen LogP contribution in [0.1, 0.15) is 0 Å². The minimum Gasteiger partial charge on any atom is -0.497 e. The Kier molecular flexibility index (Phi) is 5.89. The molecule has 0 atom stereocenters. The van der Waals surface area contributed by atoms with Crippen molar-refractivity contribution in [3.05, 3.63) is 65.1 Å². The zero-order valence-corrected chi connectivity index (χ0v) is 17.6. The predicted molar refractivity (Wildman–Crippen MR) is 118 cm³/mol. The molecule has 2 heterocycles. The quantitative estimate of drug-likeness (QED) is 0.338. The number of hydrogen-bond donors (Lipinski definition) is 2. The molecule has 10 heteroatoms. The fraction of sp³-hybridized carbons (Fsp3) is 0.143. The Hall–Kier alpha value is -3.79. The maximum atomic E-state index is 13.0. The van der Waals surface area contributed by atoms with Crippen molar-refractivity contribution in [2.45, 2.75) is 5.16 Å². The third-order valence-corrected chi connectivity index (χ3v) is 5.42. The van der Waals surface area contributed by atoms with Gasteiger partial charge in [-0.25, -0.2) is 4.98 Å². The number of methoxy groups -OCH3 is 2. The minimum atomic E-state index is -0.271. The number of aromatic amines is 1. The molecule has 2 aromatic carbocycles. The summed E-state index contributed by atoms with van der Waals surface area (Å²) in [5.41, 5.74) is 1.29. The number of thioether (sulfide) groups is 1. The second-order valence-electron chi connectivity index (χ2n) is 6.41. The number of anilines is 1. The van der Waals surface area contributed by atoms with Crippen molar-refractivity contribution in [3.8, 4) is 17.2 Å². The molecule has 31 heavy (non-hydrogen) atoms. The Balaban J connectivity index is 1.59. The lowest BCUT2D eigenvalue weighted by Gasteiger charge is -2.13. The highest BCUT2D eigenvalue weighted by Crippen LogP contribution is 2.29. The second-order valence-corrected chi connectivity index (χ2v) is 7.35. The summed E-state index contributed by atoms with van der Waals surface area (Å²) in [5, 5.41) is 10.2. The van der Waals surface area contributed by atoms with Crippen LogP contribution in [0.15, 0.2) is 64.7 Å². The number of aromatic nitrogens is 4. The monoisotopic (exact) mass is 437 g/mol. The Bertz CT molecular complexity index is 1290. The number of carbonyl (C=O) groups excluding carboxylic acids is 1. The average molecular weight is 437 g/mol. The normalized spacial score (nSPS) is 10.8. The molecule has 2 aromatic heterocycles. The molecule has 1 amide bonds. The van der Waals surface area contributed by atoms with Crippen LogP contribution >= 0.6 is 11.8 Å². The molecule has 0 spiro atoms. The largest absolute Gasteiger partial charge is 0.497 e. The van der Waals surface area contributed by atoms with E-state index in [1.165, 1.54) is 17.9 Å².